The Morgan fingerprint density at radius 3 is 2.41 bits per heavy atom. The van der Waals surface area contributed by atoms with Crippen LogP contribution in [0.15, 0.2) is 28.7 Å². The zero-order chi connectivity index (χ0) is 12.6. The number of nitriles is 1. The fourth-order valence-corrected chi connectivity index (χ4v) is 4.17. The summed E-state index contributed by atoms with van der Waals surface area (Å²) in [5, 5.41) is 8.48. The molecule has 0 spiro atoms. The first-order valence-corrected chi connectivity index (χ1v) is 7.88. The van der Waals surface area contributed by atoms with Crippen LogP contribution in [0.25, 0.3) is 0 Å². The average molecular weight is 314 g/mol. The number of hydrogen-bond donors (Lipinski definition) is 0. The molecule has 2 rings (SSSR count). The maximum atomic E-state index is 11.8. The van der Waals surface area contributed by atoms with E-state index in [1.165, 1.54) is 0 Å². The van der Waals surface area contributed by atoms with Crippen LogP contribution in [-0.2, 0) is 9.84 Å². The van der Waals surface area contributed by atoms with Gasteiger partial charge in [0.1, 0.15) is 0 Å². The molecule has 0 radical (unpaired) electrons. The third kappa shape index (κ3) is 2.24. The summed E-state index contributed by atoms with van der Waals surface area (Å²) in [6.45, 7) is 1.63. The highest BCUT2D eigenvalue weighted by molar-refractivity contribution is 9.10. The molecule has 3 nitrogen and oxygen atoms in total. The zero-order valence-electron chi connectivity index (χ0n) is 9.30. The van der Waals surface area contributed by atoms with Gasteiger partial charge < -0.3 is 0 Å². The average Bonchev–Trinajstić information content (AvgIpc) is 3.05. The third-order valence-corrected chi connectivity index (χ3v) is 5.92. The van der Waals surface area contributed by atoms with E-state index in [1.54, 1.807) is 6.92 Å². The first-order valence-electron chi connectivity index (χ1n) is 5.38. The maximum Gasteiger partial charge on any atom is 0.154 e. The Morgan fingerprint density at radius 1 is 1.35 bits per heavy atom. The maximum absolute atomic E-state index is 11.8. The van der Waals surface area contributed by atoms with Crippen molar-refractivity contribution in [2.24, 2.45) is 5.92 Å². The van der Waals surface area contributed by atoms with Crippen molar-refractivity contribution in [1.82, 2.24) is 0 Å². The fraction of sp³-hybridized carbons (Fsp3) is 0.417. The Balaban J connectivity index is 2.30. The highest BCUT2D eigenvalue weighted by atomic mass is 79.9. The van der Waals surface area contributed by atoms with Crippen molar-refractivity contribution >= 4 is 25.8 Å². The van der Waals surface area contributed by atoms with Gasteiger partial charge in [-0.2, -0.15) is 5.26 Å². The second-order valence-corrected chi connectivity index (χ2v) is 7.51. The Hall–Kier alpha value is -0.860. The lowest BCUT2D eigenvalue weighted by molar-refractivity contribution is 0.594. The fourth-order valence-electron chi connectivity index (χ4n) is 2.16. The molecule has 0 aliphatic heterocycles. The van der Waals surface area contributed by atoms with Crippen molar-refractivity contribution in [3.8, 4) is 6.07 Å². The number of hydrogen-bond acceptors (Lipinski definition) is 3. The molecule has 1 saturated carbocycles. The summed E-state index contributed by atoms with van der Waals surface area (Å²) in [4.78, 5) is 0. The van der Waals surface area contributed by atoms with Crippen LogP contribution in [0.2, 0.25) is 0 Å². The van der Waals surface area contributed by atoms with Crippen LogP contribution in [0.3, 0.4) is 0 Å². The van der Waals surface area contributed by atoms with Gasteiger partial charge in [-0.3, -0.25) is 0 Å². The summed E-state index contributed by atoms with van der Waals surface area (Å²) in [7, 11) is -3.13. The minimum Gasteiger partial charge on any atom is -0.228 e. The largest absolute Gasteiger partial charge is 0.228 e. The monoisotopic (exact) mass is 313 g/mol. The minimum atomic E-state index is -3.13. The molecule has 90 valence electrons. The number of sulfone groups is 1. The molecule has 1 aromatic carbocycles. The van der Waals surface area contributed by atoms with Crippen LogP contribution in [0.4, 0.5) is 0 Å². The van der Waals surface area contributed by atoms with E-state index >= 15 is 0 Å². The van der Waals surface area contributed by atoms with Crippen LogP contribution < -0.4 is 0 Å². The van der Waals surface area contributed by atoms with Gasteiger partial charge in [-0.1, -0.05) is 35.0 Å². The zero-order valence-corrected chi connectivity index (χ0v) is 11.7. The lowest BCUT2D eigenvalue weighted by Gasteiger charge is -2.00. The van der Waals surface area contributed by atoms with E-state index < -0.39 is 15.1 Å². The third-order valence-electron chi connectivity index (χ3n) is 3.17. The van der Waals surface area contributed by atoms with E-state index in [0.717, 1.165) is 10.0 Å². The van der Waals surface area contributed by atoms with Crippen LogP contribution in [0.1, 0.15) is 18.4 Å². The molecule has 1 aromatic rings. The molecule has 0 heterocycles. The van der Waals surface area contributed by atoms with Crippen LogP contribution in [0, 0.1) is 17.2 Å². The lowest BCUT2D eigenvalue weighted by atomic mass is 10.1. The van der Waals surface area contributed by atoms with E-state index in [4.69, 9.17) is 5.26 Å². The van der Waals surface area contributed by atoms with Gasteiger partial charge in [0.25, 0.3) is 0 Å². The van der Waals surface area contributed by atoms with Gasteiger partial charge in [-0.15, -0.1) is 0 Å². The van der Waals surface area contributed by atoms with Gasteiger partial charge in [0.05, 0.1) is 17.2 Å². The van der Waals surface area contributed by atoms with Crippen molar-refractivity contribution in [2.75, 3.05) is 5.75 Å². The minimum absolute atomic E-state index is 0.100. The number of rotatable bonds is 3. The topological polar surface area (TPSA) is 57.9 Å². The Bertz CT molecular complexity index is 559. The van der Waals surface area contributed by atoms with E-state index in [1.807, 2.05) is 24.3 Å². The lowest BCUT2D eigenvalue weighted by Crippen LogP contribution is -2.12. The van der Waals surface area contributed by atoms with Crippen LogP contribution in [-0.4, -0.2) is 19.4 Å². The van der Waals surface area contributed by atoms with E-state index in [0.29, 0.717) is 0 Å². The number of halogens is 1. The van der Waals surface area contributed by atoms with Crippen molar-refractivity contribution < 1.29 is 8.42 Å². The summed E-state index contributed by atoms with van der Waals surface area (Å²) in [6.07, 6.45) is 0. The molecule has 3 atom stereocenters. The molecule has 0 saturated heterocycles. The quantitative estimate of drug-likeness (QED) is 0.861. The predicted octanol–water partition coefficient (Wildman–Crippen LogP) is 2.49. The number of benzene rings is 1. The van der Waals surface area contributed by atoms with Gasteiger partial charge >= 0.3 is 0 Å². The summed E-state index contributed by atoms with van der Waals surface area (Å²) < 4.78 is 24.6. The molecule has 0 unspecified atom stereocenters. The van der Waals surface area contributed by atoms with Gasteiger partial charge in [-0.05, 0) is 17.7 Å². The van der Waals surface area contributed by atoms with Gasteiger partial charge in [0.2, 0.25) is 0 Å². The molecular weight excluding hydrogens is 302 g/mol. The molecule has 1 aliphatic carbocycles. The summed E-state index contributed by atoms with van der Waals surface area (Å²) in [5.74, 6) is -0.442. The smallest absolute Gasteiger partial charge is 0.154 e. The van der Waals surface area contributed by atoms with Crippen molar-refractivity contribution in [3.63, 3.8) is 0 Å². The Kier molecular flexibility index (Phi) is 3.28. The SMILES string of the molecule is CCS(=O)(=O)[C@H]1[C@@H](C#N)[C@@H]1c1ccc(Br)cc1. The number of nitrogens with zero attached hydrogens (tertiary/aromatic N) is 1. The molecule has 0 N–H and O–H groups in total. The Morgan fingerprint density at radius 2 is 1.94 bits per heavy atom. The van der Waals surface area contributed by atoms with E-state index in [-0.39, 0.29) is 17.6 Å². The second-order valence-electron chi connectivity index (χ2n) is 4.15. The molecule has 17 heavy (non-hydrogen) atoms. The molecule has 1 aliphatic rings. The highest BCUT2D eigenvalue weighted by Gasteiger charge is 2.58. The molecular formula is C12H12BrNO2S. The van der Waals surface area contributed by atoms with E-state index in [2.05, 4.69) is 22.0 Å². The summed E-state index contributed by atoms with van der Waals surface area (Å²) in [6, 6.07) is 9.61. The first-order chi connectivity index (χ1) is 8.01. The van der Waals surface area contributed by atoms with Crippen LogP contribution >= 0.6 is 15.9 Å². The van der Waals surface area contributed by atoms with Gasteiger partial charge in [0.15, 0.2) is 9.84 Å². The highest BCUT2D eigenvalue weighted by Crippen LogP contribution is 2.52. The van der Waals surface area contributed by atoms with E-state index in [9.17, 15) is 8.42 Å². The summed E-state index contributed by atoms with van der Waals surface area (Å²) >= 11 is 3.33. The predicted molar refractivity (Wildman–Crippen MR) is 69.2 cm³/mol. The van der Waals surface area contributed by atoms with Crippen molar-refractivity contribution in [3.05, 3.63) is 34.3 Å². The molecule has 0 bridgehead atoms. The standard InChI is InChI=1S/C12H12BrNO2S/c1-2-17(15,16)12-10(7-14)11(12)8-3-5-9(13)6-4-8/h3-6,10-12H,2H2,1H3/t10-,11-,12-/m0/s1. The second kappa shape index (κ2) is 4.43. The first kappa shape index (κ1) is 12.6. The summed E-state index contributed by atoms with van der Waals surface area (Å²) in [5.41, 5.74) is 0.932. The van der Waals surface area contributed by atoms with Crippen LogP contribution in [0.5, 0.6) is 0 Å². The van der Waals surface area contributed by atoms with Crippen molar-refractivity contribution in [2.45, 2.75) is 18.1 Å². The Labute approximate surface area is 110 Å². The van der Waals surface area contributed by atoms with Crippen molar-refractivity contribution in [1.29, 1.82) is 5.26 Å². The van der Waals surface area contributed by atoms with Gasteiger partial charge in [-0.25, -0.2) is 8.42 Å². The molecule has 1 fully saturated rings. The molecule has 0 aromatic heterocycles. The molecule has 5 heteroatoms. The van der Waals surface area contributed by atoms with Gasteiger partial charge in [0, 0.05) is 16.1 Å². The normalized spacial score (nSPS) is 27.5. The molecule has 0 amide bonds.